The molecular formula is C24H18ClF6N5OS. The van der Waals surface area contributed by atoms with Gasteiger partial charge in [-0.25, -0.2) is 9.97 Å². The number of aromatic nitrogens is 2. The largest absolute Gasteiger partial charge is 0.434 e. The van der Waals surface area contributed by atoms with E-state index in [1.54, 1.807) is 18.3 Å². The number of nitrogens with two attached hydrogens (primary N) is 1. The van der Waals surface area contributed by atoms with E-state index in [4.69, 9.17) is 29.6 Å². The normalized spacial score (nSPS) is 14.5. The van der Waals surface area contributed by atoms with E-state index in [1.807, 2.05) is 4.90 Å². The molecule has 1 aromatic carbocycles. The van der Waals surface area contributed by atoms with Crippen molar-refractivity contribution in [1.82, 2.24) is 14.9 Å². The lowest BCUT2D eigenvalue weighted by Crippen LogP contribution is -2.49. The van der Waals surface area contributed by atoms with Gasteiger partial charge in [0.25, 0.3) is 5.91 Å². The second-order valence-corrected chi connectivity index (χ2v) is 9.15. The minimum Gasteiger partial charge on any atom is -0.389 e. The third-order valence-corrected chi connectivity index (χ3v) is 6.39. The van der Waals surface area contributed by atoms with Crippen molar-refractivity contribution >= 4 is 40.5 Å². The minimum atomic E-state index is -5.05. The molecule has 0 bridgehead atoms. The highest BCUT2D eigenvalue weighted by atomic mass is 35.5. The number of anilines is 1. The fraction of sp³-hybridized carbons (Fsp3) is 0.250. The summed E-state index contributed by atoms with van der Waals surface area (Å²) in [6.07, 6.45) is -8.14. The maximum atomic E-state index is 14.1. The standard InChI is InChI=1S/C24H18ClF6N5OS/c25-17-2-1-7-33-21(17)35-8-10-36(11-9-35)22(37)16-12-15(20(32)38)18(34-19(16)24(29,30)31)13-3-5-14(6-4-13)23(26,27)28/h1-7,12H,8-11H2,(H2,32,38). The molecule has 38 heavy (non-hydrogen) atoms. The predicted molar refractivity (Wildman–Crippen MR) is 133 cm³/mol. The first kappa shape index (κ1) is 27.6. The van der Waals surface area contributed by atoms with Crippen LogP contribution in [0, 0.1) is 0 Å². The van der Waals surface area contributed by atoms with E-state index in [2.05, 4.69) is 9.97 Å². The summed E-state index contributed by atoms with van der Waals surface area (Å²) >= 11 is 11.2. The van der Waals surface area contributed by atoms with Crippen molar-refractivity contribution in [3.8, 4) is 11.3 Å². The summed E-state index contributed by atoms with van der Waals surface area (Å²) in [4.78, 5) is 23.8. The number of amides is 1. The predicted octanol–water partition coefficient (Wildman–Crippen LogP) is 5.43. The minimum absolute atomic E-state index is 0.0755. The first-order chi connectivity index (χ1) is 17.8. The van der Waals surface area contributed by atoms with Gasteiger partial charge in [0, 0.05) is 43.5 Å². The monoisotopic (exact) mass is 573 g/mol. The number of halogens is 7. The Morgan fingerprint density at radius 3 is 2.11 bits per heavy atom. The van der Waals surface area contributed by atoms with Gasteiger partial charge in [-0.1, -0.05) is 36.0 Å². The molecule has 14 heteroatoms. The Bertz CT molecular complexity index is 1370. The maximum Gasteiger partial charge on any atom is 0.434 e. The van der Waals surface area contributed by atoms with Gasteiger partial charge < -0.3 is 15.5 Å². The van der Waals surface area contributed by atoms with Crippen LogP contribution in [0.4, 0.5) is 32.2 Å². The molecule has 2 aromatic heterocycles. The van der Waals surface area contributed by atoms with E-state index < -0.39 is 35.1 Å². The molecule has 1 saturated heterocycles. The highest BCUT2D eigenvalue weighted by molar-refractivity contribution is 7.80. The van der Waals surface area contributed by atoms with Gasteiger partial charge >= 0.3 is 12.4 Å². The number of carbonyl (C=O) groups excluding carboxylic acids is 1. The fourth-order valence-corrected chi connectivity index (χ4v) is 4.42. The summed E-state index contributed by atoms with van der Waals surface area (Å²) < 4.78 is 81.1. The number of nitrogens with zero attached hydrogens (tertiary/aromatic N) is 4. The molecular weight excluding hydrogens is 556 g/mol. The molecule has 3 aromatic rings. The third-order valence-electron chi connectivity index (χ3n) is 5.88. The lowest BCUT2D eigenvalue weighted by molar-refractivity contribution is -0.141. The van der Waals surface area contributed by atoms with Crippen LogP contribution < -0.4 is 10.6 Å². The van der Waals surface area contributed by atoms with Gasteiger partial charge in [0.1, 0.15) is 10.8 Å². The van der Waals surface area contributed by atoms with Crippen LogP contribution in [-0.2, 0) is 12.4 Å². The average molecular weight is 574 g/mol. The molecule has 0 atom stereocenters. The van der Waals surface area contributed by atoms with Gasteiger partial charge in [-0.3, -0.25) is 4.79 Å². The van der Waals surface area contributed by atoms with Crippen LogP contribution in [0.25, 0.3) is 11.3 Å². The number of pyridine rings is 2. The molecule has 1 aliphatic rings. The zero-order chi connectivity index (χ0) is 27.8. The summed E-state index contributed by atoms with van der Waals surface area (Å²) in [7, 11) is 0. The van der Waals surface area contributed by atoms with Crippen molar-refractivity contribution in [1.29, 1.82) is 0 Å². The molecule has 0 unspecified atom stereocenters. The van der Waals surface area contributed by atoms with Crippen LogP contribution >= 0.6 is 23.8 Å². The quantitative estimate of drug-likeness (QED) is 0.331. The Hall–Kier alpha value is -3.45. The Morgan fingerprint density at radius 2 is 1.58 bits per heavy atom. The van der Waals surface area contributed by atoms with Gasteiger partial charge in [0.05, 0.1) is 21.8 Å². The van der Waals surface area contributed by atoms with E-state index in [9.17, 15) is 31.1 Å². The number of rotatable bonds is 4. The fourth-order valence-electron chi connectivity index (χ4n) is 4.02. The molecule has 0 aliphatic carbocycles. The van der Waals surface area contributed by atoms with E-state index in [-0.39, 0.29) is 48.0 Å². The lowest BCUT2D eigenvalue weighted by atomic mass is 9.99. The third kappa shape index (κ3) is 5.68. The second-order valence-electron chi connectivity index (χ2n) is 8.31. The average Bonchev–Trinajstić information content (AvgIpc) is 2.87. The Balaban J connectivity index is 1.69. The zero-order valence-corrected chi connectivity index (χ0v) is 20.8. The number of carbonyl (C=O) groups is 1. The van der Waals surface area contributed by atoms with E-state index >= 15 is 0 Å². The summed E-state index contributed by atoms with van der Waals surface area (Å²) in [6, 6.07) is 7.56. The molecule has 6 nitrogen and oxygen atoms in total. The molecule has 1 aliphatic heterocycles. The summed E-state index contributed by atoms with van der Waals surface area (Å²) in [5, 5.41) is 0.399. The zero-order valence-electron chi connectivity index (χ0n) is 19.3. The second kappa shape index (κ2) is 10.4. The van der Waals surface area contributed by atoms with Crippen molar-refractivity contribution in [2.24, 2.45) is 5.73 Å². The maximum absolute atomic E-state index is 14.1. The SMILES string of the molecule is NC(=S)c1cc(C(=O)N2CCN(c3ncccc3Cl)CC2)c(C(F)(F)F)nc1-c1ccc(C(F)(F)F)cc1. The topological polar surface area (TPSA) is 75.4 Å². The summed E-state index contributed by atoms with van der Waals surface area (Å²) in [6.45, 7) is 0.685. The van der Waals surface area contributed by atoms with Crippen LogP contribution in [0.15, 0.2) is 48.7 Å². The molecule has 1 amide bonds. The van der Waals surface area contributed by atoms with Crippen LogP contribution in [0.3, 0.4) is 0 Å². The summed E-state index contributed by atoms with van der Waals surface area (Å²) in [5.41, 5.74) is 1.85. The smallest absolute Gasteiger partial charge is 0.389 e. The number of thiocarbonyl (C=S) groups is 1. The first-order valence-electron chi connectivity index (χ1n) is 11.0. The van der Waals surface area contributed by atoms with Crippen LogP contribution in [0.1, 0.15) is 27.2 Å². The number of hydrogen-bond donors (Lipinski definition) is 1. The van der Waals surface area contributed by atoms with E-state index in [1.165, 1.54) is 4.90 Å². The highest BCUT2D eigenvalue weighted by Gasteiger charge is 2.40. The van der Waals surface area contributed by atoms with Crippen molar-refractivity contribution in [3.05, 3.63) is 76.1 Å². The van der Waals surface area contributed by atoms with E-state index in [0.29, 0.717) is 23.0 Å². The molecule has 200 valence electrons. The van der Waals surface area contributed by atoms with Gasteiger partial charge in [0.15, 0.2) is 5.69 Å². The molecule has 4 rings (SSSR count). The molecule has 0 radical (unpaired) electrons. The summed E-state index contributed by atoms with van der Waals surface area (Å²) in [5.74, 6) is -0.441. The van der Waals surface area contributed by atoms with Gasteiger partial charge in [-0.15, -0.1) is 0 Å². The highest BCUT2D eigenvalue weighted by Crippen LogP contribution is 2.36. The number of benzene rings is 1. The van der Waals surface area contributed by atoms with Crippen molar-refractivity contribution in [2.75, 3.05) is 31.1 Å². The van der Waals surface area contributed by atoms with Crippen LogP contribution in [0.5, 0.6) is 0 Å². The van der Waals surface area contributed by atoms with Crippen molar-refractivity contribution in [3.63, 3.8) is 0 Å². The van der Waals surface area contributed by atoms with Gasteiger partial charge in [-0.05, 0) is 30.3 Å². The Morgan fingerprint density at radius 1 is 0.947 bits per heavy atom. The molecule has 0 spiro atoms. The van der Waals surface area contributed by atoms with Crippen LogP contribution in [0.2, 0.25) is 5.02 Å². The van der Waals surface area contributed by atoms with Crippen molar-refractivity contribution < 1.29 is 31.1 Å². The lowest BCUT2D eigenvalue weighted by Gasteiger charge is -2.36. The molecule has 1 fully saturated rings. The van der Waals surface area contributed by atoms with E-state index in [0.717, 1.165) is 18.2 Å². The number of alkyl halides is 6. The Kier molecular flexibility index (Phi) is 7.53. The Labute approximate surface area is 223 Å². The van der Waals surface area contributed by atoms with Crippen LogP contribution in [-0.4, -0.2) is 51.9 Å². The van der Waals surface area contributed by atoms with Gasteiger partial charge in [-0.2, -0.15) is 26.3 Å². The number of piperazine rings is 1. The molecule has 3 heterocycles. The van der Waals surface area contributed by atoms with Gasteiger partial charge in [0.2, 0.25) is 0 Å². The molecule has 0 saturated carbocycles. The first-order valence-corrected chi connectivity index (χ1v) is 11.8. The number of hydrogen-bond acceptors (Lipinski definition) is 5. The van der Waals surface area contributed by atoms with Crippen molar-refractivity contribution in [2.45, 2.75) is 12.4 Å². The molecule has 2 N–H and O–H groups in total.